The smallest absolute Gasteiger partial charge is 1.00 e. The van der Waals surface area contributed by atoms with E-state index in [1.807, 2.05) is 0 Å². The third-order valence-electron chi connectivity index (χ3n) is 5.28. The Hall–Kier alpha value is -1.12. The molecule has 39 heavy (non-hydrogen) atoms. The second kappa shape index (κ2) is 33.1. The minimum atomic E-state index is -2.74. The average Bonchev–Trinajstić information content (AvgIpc) is 2.75. The molecule has 0 saturated carbocycles. The largest absolute Gasteiger partial charge is 2.00 e. The molecule has 0 saturated heterocycles. The number of rotatable bonds is 21. The van der Waals surface area contributed by atoms with Gasteiger partial charge in [-0.3, -0.25) is 14.4 Å². The van der Waals surface area contributed by atoms with Crippen LogP contribution in [0, 0.1) is 0 Å². The Kier molecular flexibility index (Phi) is 40.4. The zero-order valence-corrected chi connectivity index (χ0v) is 27.0. The number of hydrogen-bond acceptors (Lipinski definition) is 6. The van der Waals surface area contributed by atoms with E-state index in [1.54, 1.807) is 0 Å². The van der Waals surface area contributed by atoms with Crippen LogP contribution in [0.2, 0.25) is 0 Å². The molecule has 0 atom stereocenters. The summed E-state index contributed by atoms with van der Waals surface area (Å²) in [6.07, 6.45) is 16.1. The predicted octanol–water partition coefficient (Wildman–Crippen LogP) is 2.27. The third kappa shape index (κ3) is 44.1. The van der Waals surface area contributed by atoms with E-state index in [1.165, 1.54) is 83.5 Å². The van der Waals surface area contributed by atoms with Gasteiger partial charge in [0.25, 0.3) is 0 Å². The van der Waals surface area contributed by atoms with Gasteiger partial charge in [0.2, 0.25) is 0 Å². The van der Waals surface area contributed by atoms with Gasteiger partial charge in [-0.1, -0.05) is 96.8 Å². The van der Waals surface area contributed by atoms with Gasteiger partial charge in [-0.25, -0.2) is 9.59 Å². The Labute approximate surface area is 273 Å². The van der Waals surface area contributed by atoms with Crippen LogP contribution in [0.5, 0.6) is 0 Å². The molecule has 0 aliphatic rings. The van der Waals surface area contributed by atoms with Crippen molar-refractivity contribution in [2.45, 2.75) is 128 Å². The molecule has 0 amide bonds. The molecular weight excluding hydrogens is 540 g/mol. The van der Waals surface area contributed by atoms with E-state index in [2.05, 4.69) is 6.92 Å². The number of carboxylic acids is 4. The SMILES string of the molecule is CCCCCCCCCCCCCCCCCC(=O)O.O=C(O)CC(O)(CC(=O)O)C(=O)O.O=C(O)O.[H-].[H-].[H-].[Mg+2].[Na+]. The summed E-state index contributed by atoms with van der Waals surface area (Å²) in [5.41, 5.74) is -2.74. The zero-order chi connectivity index (χ0) is 29.1. The monoisotopic (exact) mass is 588 g/mol. The number of carbonyl (C=O) groups is 5. The van der Waals surface area contributed by atoms with Gasteiger partial charge in [0.15, 0.2) is 5.60 Å². The molecule has 0 bridgehead atoms. The van der Waals surface area contributed by atoms with Gasteiger partial charge >= 0.3 is 82.6 Å². The molecule has 0 aliphatic carbocycles. The summed E-state index contributed by atoms with van der Waals surface area (Å²) in [6.45, 7) is 2.27. The standard InChI is InChI=1S/C18H36O2.C6H8O7.CH2O3.Mg.Na.3H/c1-2-3-4-5-6-7-8-9-10-11-12-13-14-15-16-17-18(19)20;7-3(8)1-6(13,5(11)12)2-4(9)10;2-1(3)4;;;;;/h2-17H2,1H3,(H,19,20);13H,1-2H2,(H,7,8)(H,9,10)(H,11,12);(H2,2,3,4);;;;;/q;;;+2;+1;3*-1. The van der Waals surface area contributed by atoms with Crippen molar-refractivity contribution in [3.8, 4) is 0 Å². The van der Waals surface area contributed by atoms with E-state index in [-0.39, 0.29) is 56.9 Å². The zero-order valence-electron chi connectivity index (χ0n) is 26.6. The molecule has 0 aliphatic heterocycles. The molecule has 0 rings (SSSR count). The van der Waals surface area contributed by atoms with Crippen molar-refractivity contribution in [3.05, 3.63) is 0 Å². The average molecular weight is 589 g/mol. The predicted molar refractivity (Wildman–Crippen MR) is 144 cm³/mol. The van der Waals surface area contributed by atoms with Gasteiger partial charge in [-0.05, 0) is 6.42 Å². The van der Waals surface area contributed by atoms with Crippen molar-refractivity contribution in [1.82, 2.24) is 0 Å². The van der Waals surface area contributed by atoms with Crippen LogP contribution in [0.1, 0.15) is 127 Å². The normalized spacial score (nSPS) is 9.79. The van der Waals surface area contributed by atoms with Crippen LogP contribution in [0.25, 0.3) is 0 Å². The van der Waals surface area contributed by atoms with Gasteiger partial charge in [0, 0.05) is 6.42 Å². The van der Waals surface area contributed by atoms with E-state index in [0.717, 1.165) is 12.8 Å². The molecule has 0 aromatic rings. The number of unbranched alkanes of at least 4 members (excludes halogenated alkanes) is 14. The Bertz CT molecular complexity index is 642. The first-order valence-electron chi connectivity index (χ1n) is 12.8. The van der Waals surface area contributed by atoms with Crippen molar-refractivity contribution in [2.24, 2.45) is 0 Å². The number of aliphatic hydroxyl groups is 1. The summed E-state index contributed by atoms with van der Waals surface area (Å²) in [6, 6.07) is 0. The molecule has 0 heterocycles. The van der Waals surface area contributed by atoms with E-state index < -0.39 is 48.5 Å². The van der Waals surface area contributed by atoms with Crippen molar-refractivity contribution in [2.75, 3.05) is 0 Å². The molecule has 12 nitrogen and oxygen atoms in total. The Morgan fingerprint density at radius 1 is 0.538 bits per heavy atom. The van der Waals surface area contributed by atoms with E-state index >= 15 is 0 Å². The summed E-state index contributed by atoms with van der Waals surface area (Å²) < 4.78 is 0. The van der Waals surface area contributed by atoms with Gasteiger partial charge in [-0.2, -0.15) is 0 Å². The molecule has 14 heteroatoms. The van der Waals surface area contributed by atoms with Crippen molar-refractivity contribution in [3.63, 3.8) is 0 Å². The van der Waals surface area contributed by atoms with Crippen LogP contribution in [-0.2, 0) is 19.2 Å². The maximum atomic E-state index is 10.3. The summed E-state index contributed by atoms with van der Waals surface area (Å²) in [7, 11) is 0. The minimum absolute atomic E-state index is 0. The Morgan fingerprint density at radius 3 is 1.00 bits per heavy atom. The van der Waals surface area contributed by atoms with Crippen LogP contribution in [0.3, 0.4) is 0 Å². The fraction of sp³-hybridized carbons (Fsp3) is 0.800. The Balaban J connectivity index is -0.0000000769. The van der Waals surface area contributed by atoms with Crippen LogP contribution in [0.15, 0.2) is 0 Å². The summed E-state index contributed by atoms with van der Waals surface area (Å²) in [4.78, 5) is 49.4. The summed E-state index contributed by atoms with van der Waals surface area (Å²) >= 11 is 0. The van der Waals surface area contributed by atoms with Gasteiger partial charge in [0.1, 0.15) is 0 Å². The number of aliphatic carboxylic acids is 4. The van der Waals surface area contributed by atoms with Crippen molar-refractivity contribution in [1.29, 1.82) is 0 Å². The first-order valence-corrected chi connectivity index (χ1v) is 12.8. The van der Waals surface area contributed by atoms with Gasteiger partial charge < -0.3 is 40.0 Å². The fourth-order valence-corrected chi connectivity index (χ4v) is 3.36. The topological polar surface area (TPSA) is 227 Å². The first kappa shape index (κ1) is 47.7. The van der Waals surface area contributed by atoms with Crippen LogP contribution in [-0.4, -0.2) is 94.4 Å². The third-order valence-corrected chi connectivity index (χ3v) is 5.28. The van der Waals surface area contributed by atoms with Crippen LogP contribution >= 0.6 is 0 Å². The van der Waals surface area contributed by atoms with Crippen LogP contribution in [0.4, 0.5) is 4.79 Å². The molecule has 0 aromatic heterocycles. The van der Waals surface area contributed by atoms with Gasteiger partial charge in [-0.15, -0.1) is 0 Å². The molecular formula is C25H49MgNaO12. The second-order valence-electron chi connectivity index (χ2n) is 8.85. The molecule has 0 radical (unpaired) electrons. The molecule has 0 spiro atoms. The maximum Gasteiger partial charge on any atom is 2.00 e. The first-order chi connectivity index (χ1) is 17.3. The molecule has 0 unspecified atom stereocenters. The minimum Gasteiger partial charge on any atom is -1.00 e. The van der Waals surface area contributed by atoms with Crippen molar-refractivity contribution < 1.29 is 93.6 Å². The van der Waals surface area contributed by atoms with E-state index in [4.69, 9.17) is 40.5 Å². The van der Waals surface area contributed by atoms with Gasteiger partial charge in [0.05, 0.1) is 12.8 Å². The number of hydrogen-bond donors (Lipinski definition) is 7. The van der Waals surface area contributed by atoms with Crippen LogP contribution < -0.4 is 29.6 Å². The summed E-state index contributed by atoms with van der Waals surface area (Å²) in [5.74, 6) is -5.67. The fourth-order valence-electron chi connectivity index (χ4n) is 3.36. The molecule has 0 aromatic carbocycles. The van der Waals surface area contributed by atoms with E-state index in [9.17, 15) is 19.2 Å². The quantitative estimate of drug-likeness (QED) is 0.0756. The summed E-state index contributed by atoms with van der Waals surface area (Å²) in [5, 5.41) is 56.3. The van der Waals surface area contributed by atoms with E-state index in [0.29, 0.717) is 6.42 Å². The molecule has 224 valence electrons. The van der Waals surface area contributed by atoms with Crippen molar-refractivity contribution >= 4 is 53.1 Å². The Morgan fingerprint density at radius 2 is 0.795 bits per heavy atom. The molecule has 0 fully saturated rings. The maximum absolute atomic E-state index is 10.3. The number of carboxylic acid groups (broad SMARTS) is 6. The second-order valence-corrected chi connectivity index (χ2v) is 8.85. The molecule has 7 N–H and O–H groups in total.